The highest BCUT2D eigenvalue weighted by Gasteiger charge is 2.70. The molecule has 7 aliphatic rings. The number of allylic oxidation sites excluding steroid dienone is 1. The van der Waals surface area contributed by atoms with Gasteiger partial charge in [-0.15, -0.1) is 0 Å². The Morgan fingerprint density at radius 3 is 1.74 bits per heavy atom. The van der Waals surface area contributed by atoms with Gasteiger partial charge in [-0.05, 0) is 137 Å². The molecule has 0 heterocycles. The molecule has 0 unspecified atom stereocenters. The molecule has 0 aliphatic heterocycles. The minimum absolute atomic E-state index is 0.0295. The van der Waals surface area contributed by atoms with Crippen LogP contribution in [0, 0.1) is 57.2 Å². The second kappa shape index (κ2) is 18.9. The number of ether oxygens (including phenoxy) is 3. The summed E-state index contributed by atoms with van der Waals surface area (Å²) in [5, 5.41) is 11.8. The minimum atomic E-state index is -1.44. The number of hydrogen-bond donors (Lipinski definition) is 1. The van der Waals surface area contributed by atoms with E-state index in [9.17, 15) is 24.3 Å². The van der Waals surface area contributed by atoms with Crippen LogP contribution in [0.3, 0.4) is 0 Å². The first-order chi connectivity index (χ1) is 29.3. The fraction of sp³-hybridized carbons (Fsp3) is 0.889. The van der Waals surface area contributed by atoms with Crippen molar-refractivity contribution in [3.63, 3.8) is 0 Å². The number of esters is 3. The lowest BCUT2D eigenvalue weighted by atomic mass is 9.36. The van der Waals surface area contributed by atoms with Gasteiger partial charge in [0.05, 0.1) is 5.60 Å². The number of hydrogen-bond acceptors (Lipinski definition) is 8. The highest BCUT2D eigenvalue weighted by molar-refractivity contribution is 5.85. The molecule has 8 heteroatoms. The van der Waals surface area contributed by atoms with Gasteiger partial charge >= 0.3 is 17.9 Å². The van der Waals surface area contributed by atoms with E-state index in [1.807, 2.05) is 0 Å². The first-order valence-corrected chi connectivity index (χ1v) is 25.8. The Morgan fingerprint density at radius 2 is 1.21 bits per heavy atom. The van der Waals surface area contributed by atoms with Crippen LogP contribution in [0.2, 0.25) is 0 Å². The SMILES string of the molecule is C[C@H](C[C@H](OC(=O)CC1CCCCC1)[C@@H](OC(=O)CC1CCCCC1)C(C)(C)O)C1=C2C[C@H](OC(=O)CC3CCCCC3)[C@H]3[C@@]4(C)CCC(=O)C(C)(C)[C@@H]4CC[C@]3(C)[C@@]2(C)CC1. The van der Waals surface area contributed by atoms with Gasteiger partial charge in [-0.25, -0.2) is 0 Å². The van der Waals surface area contributed by atoms with Crippen LogP contribution in [-0.4, -0.2) is 52.7 Å². The molecule has 0 bridgehead atoms. The van der Waals surface area contributed by atoms with Crippen LogP contribution >= 0.6 is 0 Å². The second-order valence-corrected chi connectivity index (χ2v) is 24.1. The Kier molecular flexibility index (Phi) is 14.6. The summed E-state index contributed by atoms with van der Waals surface area (Å²) in [6.07, 6.45) is 22.2. The summed E-state index contributed by atoms with van der Waals surface area (Å²) in [6.45, 7) is 17.3. The molecule has 6 fully saturated rings. The maximum atomic E-state index is 14.2. The molecule has 7 aliphatic carbocycles. The van der Waals surface area contributed by atoms with E-state index in [1.165, 1.54) is 43.3 Å². The minimum Gasteiger partial charge on any atom is -0.462 e. The number of carbonyl (C=O) groups is 4. The average molecular weight is 863 g/mol. The van der Waals surface area contributed by atoms with Crippen LogP contribution < -0.4 is 0 Å². The summed E-state index contributed by atoms with van der Waals surface area (Å²) in [6, 6.07) is 0. The number of carbonyl (C=O) groups excluding carboxylic acids is 4. The zero-order valence-electron chi connectivity index (χ0n) is 40.4. The largest absolute Gasteiger partial charge is 0.462 e. The number of Topliss-reactive ketones (excluding diaryl/α,β-unsaturated/α-hetero) is 1. The van der Waals surface area contributed by atoms with Gasteiger partial charge < -0.3 is 19.3 Å². The predicted octanol–water partition coefficient (Wildman–Crippen LogP) is 12.4. The van der Waals surface area contributed by atoms with Gasteiger partial charge in [-0.1, -0.05) is 110 Å². The molecule has 0 saturated heterocycles. The zero-order chi connectivity index (χ0) is 44.7. The molecule has 1 N–H and O–H groups in total. The standard InChI is InChI=1S/C54H86O8/c1-35(30-42(61-46(57)32-37-20-14-10-15-21-37)49(51(4,5)59)62-47(58)33-38-22-16-11-17-23-38)39-24-28-53(7)40(39)34-41(60-45(56)31-36-18-12-9-13-19-36)48-52(6)27-26-44(55)50(2,3)43(52)25-29-54(48,53)8/h35-38,41-43,48-49,59H,9-34H2,1-8H3/t35-,41+,42+,43+,48+,49-,52+,53+,54+/m1/s1. The maximum Gasteiger partial charge on any atom is 0.306 e. The van der Waals surface area contributed by atoms with Crippen LogP contribution in [-0.2, 0) is 33.4 Å². The fourth-order valence-electron chi connectivity index (χ4n) is 15.6. The molecule has 6 saturated carbocycles. The third kappa shape index (κ3) is 9.67. The molecule has 0 radical (unpaired) electrons. The molecule has 9 atom stereocenters. The smallest absolute Gasteiger partial charge is 0.306 e. The summed E-state index contributed by atoms with van der Waals surface area (Å²) in [4.78, 5) is 55.3. The lowest BCUT2D eigenvalue weighted by Crippen LogP contribution is -2.66. The molecule has 350 valence electrons. The van der Waals surface area contributed by atoms with E-state index in [4.69, 9.17) is 14.2 Å². The first-order valence-electron chi connectivity index (χ1n) is 25.8. The Hall–Kier alpha value is -2.22. The predicted molar refractivity (Wildman–Crippen MR) is 243 cm³/mol. The van der Waals surface area contributed by atoms with Crippen molar-refractivity contribution in [2.24, 2.45) is 57.2 Å². The molecule has 62 heavy (non-hydrogen) atoms. The number of fused-ring (bicyclic) bond motifs is 5. The van der Waals surface area contributed by atoms with E-state index >= 15 is 0 Å². The molecular weight excluding hydrogens is 777 g/mol. The van der Waals surface area contributed by atoms with E-state index < -0.39 is 23.2 Å². The quantitative estimate of drug-likeness (QED) is 0.104. The monoisotopic (exact) mass is 863 g/mol. The number of ketones is 1. The normalized spacial score (nSPS) is 34.9. The maximum absolute atomic E-state index is 14.2. The van der Waals surface area contributed by atoms with Crippen molar-refractivity contribution in [3.8, 4) is 0 Å². The summed E-state index contributed by atoms with van der Waals surface area (Å²) < 4.78 is 19.7. The first kappa shape index (κ1) is 47.7. The van der Waals surface area contributed by atoms with Crippen molar-refractivity contribution in [3.05, 3.63) is 11.1 Å². The van der Waals surface area contributed by atoms with Crippen molar-refractivity contribution in [2.75, 3.05) is 0 Å². The number of aliphatic hydroxyl groups is 1. The molecular formula is C54H86O8. The van der Waals surface area contributed by atoms with Gasteiger partial charge in [0, 0.05) is 43.4 Å². The lowest BCUT2D eigenvalue weighted by molar-refractivity contribution is -0.218. The molecule has 0 spiro atoms. The molecule has 0 aromatic heterocycles. The van der Waals surface area contributed by atoms with Crippen molar-refractivity contribution >= 4 is 23.7 Å². The summed E-state index contributed by atoms with van der Waals surface area (Å²) >= 11 is 0. The van der Waals surface area contributed by atoms with Crippen molar-refractivity contribution in [1.29, 1.82) is 0 Å². The lowest BCUT2D eigenvalue weighted by Gasteiger charge is -2.69. The van der Waals surface area contributed by atoms with Crippen LogP contribution in [0.5, 0.6) is 0 Å². The van der Waals surface area contributed by atoms with Crippen LogP contribution in [0.4, 0.5) is 0 Å². The summed E-state index contributed by atoms with van der Waals surface area (Å²) in [7, 11) is 0. The van der Waals surface area contributed by atoms with E-state index in [1.54, 1.807) is 13.8 Å². The van der Waals surface area contributed by atoms with Crippen LogP contribution in [0.1, 0.15) is 222 Å². The van der Waals surface area contributed by atoms with Gasteiger partial charge in [0.2, 0.25) is 0 Å². The highest BCUT2D eigenvalue weighted by Crippen LogP contribution is 2.74. The van der Waals surface area contributed by atoms with Crippen LogP contribution in [0.25, 0.3) is 0 Å². The number of rotatable bonds is 14. The molecule has 0 amide bonds. The van der Waals surface area contributed by atoms with Crippen LogP contribution in [0.15, 0.2) is 11.1 Å². The Balaban J connectivity index is 1.21. The summed E-state index contributed by atoms with van der Waals surface area (Å²) in [5.74, 6) is 1.00. The Labute approximate surface area is 375 Å². The van der Waals surface area contributed by atoms with Gasteiger partial charge in [-0.3, -0.25) is 19.2 Å². The molecule has 0 aromatic carbocycles. The Bertz CT molecular complexity index is 1650. The zero-order valence-corrected chi connectivity index (χ0v) is 40.4. The van der Waals surface area contributed by atoms with Gasteiger partial charge in [0.25, 0.3) is 0 Å². The average Bonchev–Trinajstić information content (AvgIpc) is 3.56. The third-order valence-corrected chi connectivity index (χ3v) is 19.2. The topological polar surface area (TPSA) is 116 Å². The van der Waals surface area contributed by atoms with E-state index in [2.05, 4.69) is 41.5 Å². The van der Waals surface area contributed by atoms with Crippen molar-refractivity contribution in [1.82, 2.24) is 0 Å². The molecule has 7 rings (SSSR count). The second-order valence-electron chi connectivity index (χ2n) is 24.1. The van der Waals surface area contributed by atoms with Gasteiger partial charge in [-0.2, -0.15) is 0 Å². The summed E-state index contributed by atoms with van der Waals surface area (Å²) in [5.41, 5.74) is 0.446. The molecule has 8 nitrogen and oxygen atoms in total. The van der Waals surface area contributed by atoms with Crippen molar-refractivity contribution < 1.29 is 38.5 Å². The fourth-order valence-corrected chi connectivity index (χ4v) is 15.6. The Morgan fingerprint density at radius 1 is 0.694 bits per heavy atom. The van der Waals surface area contributed by atoms with E-state index in [-0.39, 0.29) is 63.9 Å². The highest BCUT2D eigenvalue weighted by atomic mass is 16.6. The van der Waals surface area contributed by atoms with Gasteiger partial charge in [0.1, 0.15) is 18.0 Å². The van der Waals surface area contributed by atoms with E-state index in [0.29, 0.717) is 56.1 Å². The third-order valence-electron chi connectivity index (χ3n) is 19.2. The molecule has 0 aromatic rings. The van der Waals surface area contributed by atoms with Crippen molar-refractivity contribution in [2.45, 2.75) is 246 Å². The van der Waals surface area contributed by atoms with E-state index in [0.717, 1.165) is 96.3 Å². The van der Waals surface area contributed by atoms with Gasteiger partial charge in [0.15, 0.2) is 6.10 Å².